The second-order valence-corrected chi connectivity index (χ2v) is 5.57. The van der Waals surface area contributed by atoms with E-state index >= 15 is 0 Å². The Balaban J connectivity index is 2.85. The Bertz CT molecular complexity index is 407. The molecule has 0 unspecified atom stereocenters. The van der Waals surface area contributed by atoms with E-state index in [9.17, 15) is 0 Å². The van der Waals surface area contributed by atoms with E-state index in [1.165, 1.54) is 0 Å². The van der Waals surface area contributed by atoms with Crippen LogP contribution in [0.15, 0.2) is 18.2 Å². The summed E-state index contributed by atoms with van der Waals surface area (Å²) in [4.78, 5) is 2.64. The standard InChI is InChI=1S/C12H16Cl2N2S/c1-8(2)16(7-12(15)17)6-9-5-10(13)3-4-11(9)14/h3-5,8H,6-7H2,1-2H3,(H2,15,17). The van der Waals surface area contributed by atoms with Gasteiger partial charge < -0.3 is 5.73 Å². The van der Waals surface area contributed by atoms with Gasteiger partial charge in [-0.3, -0.25) is 4.90 Å². The van der Waals surface area contributed by atoms with Crippen molar-refractivity contribution in [1.29, 1.82) is 0 Å². The lowest BCUT2D eigenvalue weighted by atomic mass is 10.2. The van der Waals surface area contributed by atoms with Gasteiger partial charge >= 0.3 is 0 Å². The lowest BCUT2D eigenvalue weighted by molar-refractivity contribution is 0.245. The van der Waals surface area contributed by atoms with Crippen LogP contribution in [0.1, 0.15) is 19.4 Å². The van der Waals surface area contributed by atoms with Crippen molar-refractivity contribution in [3.8, 4) is 0 Å². The van der Waals surface area contributed by atoms with Crippen LogP contribution >= 0.6 is 35.4 Å². The fourth-order valence-corrected chi connectivity index (χ4v) is 2.04. The average molecular weight is 291 g/mol. The van der Waals surface area contributed by atoms with Crippen molar-refractivity contribution in [2.75, 3.05) is 6.54 Å². The molecule has 0 aromatic heterocycles. The monoisotopic (exact) mass is 290 g/mol. The number of nitrogens with two attached hydrogens (primary N) is 1. The topological polar surface area (TPSA) is 29.3 Å². The van der Waals surface area contributed by atoms with Crippen molar-refractivity contribution >= 4 is 40.4 Å². The number of thiocarbonyl (C=S) groups is 1. The van der Waals surface area contributed by atoms with Crippen LogP contribution in [0.2, 0.25) is 10.0 Å². The number of benzene rings is 1. The van der Waals surface area contributed by atoms with Crippen LogP contribution in [0.25, 0.3) is 0 Å². The Morgan fingerprint density at radius 2 is 2.06 bits per heavy atom. The summed E-state index contributed by atoms with van der Waals surface area (Å²) in [6, 6.07) is 5.80. The first-order chi connectivity index (χ1) is 7.90. The van der Waals surface area contributed by atoms with Crippen molar-refractivity contribution in [3.63, 3.8) is 0 Å². The predicted molar refractivity (Wildman–Crippen MR) is 78.8 cm³/mol. The largest absolute Gasteiger partial charge is 0.392 e. The molecule has 0 heterocycles. The molecule has 5 heteroatoms. The Morgan fingerprint density at radius 3 is 2.59 bits per heavy atom. The summed E-state index contributed by atoms with van der Waals surface area (Å²) in [7, 11) is 0. The SMILES string of the molecule is CC(C)N(CC(N)=S)Cc1cc(Cl)ccc1Cl. The third-order valence-electron chi connectivity index (χ3n) is 2.47. The van der Waals surface area contributed by atoms with E-state index in [0.29, 0.717) is 34.2 Å². The van der Waals surface area contributed by atoms with E-state index < -0.39 is 0 Å². The second kappa shape index (κ2) is 6.55. The maximum absolute atomic E-state index is 6.13. The highest BCUT2D eigenvalue weighted by Gasteiger charge is 2.13. The van der Waals surface area contributed by atoms with Crippen LogP contribution in [-0.2, 0) is 6.54 Å². The summed E-state index contributed by atoms with van der Waals surface area (Å²) in [6.07, 6.45) is 0. The number of hydrogen-bond donors (Lipinski definition) is 1. The molecule has 0 saturated carbocycles. The van der Waals surface area contributed by atoms with E-state index in [1.807, 2.05) is 6.07 Å². The Kier molecular flexibility index (Phi) is 5.67. The molecule has 0 saturated heterocycles. The molecule has 1 rings (SSSR count). The fraction of sp³-hybridized carbons (Fsp3) is 0.417. The van der Waals surface area contributed by atoms with Gasteiger partial charge in [0, 0.05) is 29.2 Å². The molecule has 0 aliphatic rings. The Hall–Kier alpha value is -0.350. The van der Waals surface area contributed by atoms with E-state index in [2.05, 4.69) is 18.7 Å². The second-order valence-electron chi connectivity index (χ2n) is 4.20. The first kappa shape index (κ1) is 14.7. The minimum atomic E-state index is 0.339. The summed E-state index contributed by atoms with van der Waals surface area (Å²) in [5.41, 5.74) is 6.57. The van der Waals surface area contributed by atoms with E-state index in [-0.39, 0.29) is 0 Å². The zero-order valence-corrected chi connectivity index (χ0v) is 12.2. The predicted octanol–water partition coefficient (Wildman–Crippen LogP) is 3.49. The highest BCUT2D eigenvalue weighted by Crippen LogP contribution is 2.22. The van der Waals surface area contributed by atoms with E-state index in [4.69, 9.17) is 41.2 Å². The van der Waals surface area contributed by atoms with Gasteiger partial charge in [-0.15, -0.1) is 0 Å². The van der Waals surface area contributed by atoms with Gasteiger partial charge in [0.05, 0.1) is 4.99 Å². The highest BCUT2D eigenvalue weighted by molar-refractivity contribution is 7.80. The van der Waals surface area contributed by atoms with Gasteiger partial charge in [-0.25, -0.2) is 0 Å². The van der Waals surface area contributed by atoms with Gasteiger partial charge in [-0.05, 0) is 37.6 Å². The molecule has 0 fully saturated rings. The van der Waals surface area contributed by atoms with Gasteiger partial charge in [0.15, 0.2) is 0 Å². The molecule has 2 N–H and O–H groups in total. The molecule has 17 heavy (non-hydrogen) atoms. The third-order valence-corrected chi connectivity index (χ3v) is 3.20. The molecule has 2 nitrogen and oxygen atoms in total. The number of halogens is 2. The Labute approximate surface area is 118 Å². The zero-order valence-electron chi connectivity index (χ0n) is 9.91. The molecule has 0 spiro atoms. The van der Waals surface area contributed by atoms with Crippen molar-refractivity contribution in [1.82, 2.24) is 4.90 Å². The van der Waals surface area contributed by atoms with Crippen LogP contribution in [0.5, 0.6) is 0 Å². The fourth-order valence-electron chi connectivity index (χ4n) is 1.50. The van der Waals surface area contributed by atoms with Crippen molar-refractivity contribution in [3.05, 3.63) is 33.8 Å². The number of nitrogens with zero attached hydrogens (tertiary/aromatic N) is 1. The molecule has 0 amide bonds. The van der Waals surface area contributed by atoms with E-state index in [1.54, 1.807) is 12.1 Å². The van der Waals surface area contributed by atoms with Gasteiger partial charge in [0.2, 0.25) is 0 Å². The maximum Gasteiger partial charge on any atom is 0.0870 e. The van der Waals surface area contributed by atoms with Crippen LogP contribution in [-0.4, -0.2) is 22.5 Å². The quantitative estimate of drug-likeness (QED) is 0.842. The molecule has 0 atom stereocenters. The maximum atomic E-state index is 6.13. The van der Waals surface area contributed by atoms with Crippen LogP contribution in [0.3, 0.4) is 0 Å². The molecular formula is C12H16Cl2N2S. The molecular weight excluding hydrogens is 275 g/mol. The number of rotatable bonds is 5. The normalized spacial score (nSPS) is 11.2. The van der Waals surface area contributed by atoms with Gasteiger partial charge in [-0.1, -0.05) is 35.4 Å². The lowest BCUT2D eigenvalue weighted by Crippen LogP contribution is -2.37. The number of hydrogen-bond acceptors (Lipinski definition) is 2. The average Bonchev–Trinajstić information content (AvgIpc) is 2.21. The summed E-state index contributed by atoms with van der Waals surface area (Å²) < 4.78 is 0. The summed E-state index contributed by atoms with van der Waals surface area (Å²) in [6.45, 7) is 5.46. The first-order valence-corrected chi connectivity index (χ1v) is 6.53. The van der Waals surface area contributed by atoms with Gasteiger partial charge in [0.25, 0.3) is 0 Å². The van der Waals surface area contributed by atoms with Crippen molar-refractivity contribution in [2.24, 2.45) is 5.73 Å². The van der Waals surface area contributed by atoms with Crippen LogP contribution in [0, 0.1) is 0 Å². The van der Waals surface area contributed by atoms with Crippen molar-refractivity contribution < 1.29 is 0 Å². The smallest absolute Gasteiger partial charge is 0.0870 e. The molecule has 0 aliphatic carbocycles. The van der Waals surface area contributed by atoms with Gasteiger partial charge in [0.1, 0.15) is 0 Å². The molecule has 0 aliphatic heterocycles. The molecule has 94 valence electrons. The highest BCUT2D eigenvalue weighted by atomic mass is 35.5. The first-order valence-electron chi connectivity index (χ1n) is 5.36. The van der Waals surface area contributed by atoms with Gasteiger partial charge in [-0.2, -0.15) is 0 Å². The van der Waals surface area contributed by atoms with Crippen LogP contribution in [0.4, 0.5) is 0 Å². The summed E-state index contributed by atoms with van der Waals surface area (Å²) >= 11 is 17.0. The summed E-state index contributed by atoms with van der Waals surface area (Å²) in [5, 5.41) is 1.39. The zero-order chi connectivity index (χ0) is 13.0. The van der Waals surface area contributed by atoms with Crippen molar-refractivity contribution in [2.45, 2.75) is 26.4 Å². The minimum Gasteiger partial charge on any atom is -0.392 e. The summed E-state index contributed by atoms with van der Waals surface area (Å²) in [5.74, 6) is 0. The third kappa shape index (κ3) is 4.80. The molecule has 1 aromatic rings. The van der Waals surface area contributed by atoms with Crippen LogP contribution < -0.4 is 5.73 Å². The minimum absolute atomic E-state index is 0.339. The Morgan fingerprint density at radius 1 is 1.41 bits per heavy atom. The lowest BCUT2D eigenvalue weighted by Gasteiger charge is -2.26. The molecule has 1 aromatic carbocycles. The molecule has 0 bridgehead atoms. The molecule has 0 radical (unpaired) electrons. The van der Waals surface area contributed by atoms with E-state index in [0.717, 1.165) is 5.56 Å².